The summed E-state index contributed by atoms with van der Waals surface area (Å²) in [5.74, 6) is -0.849. The van der Waals surface area contributed by atoms with Crippen LogP contribution in [0.4, 0.5) is 5.13 Å². The van der Waals surface area contributed by atoms with Gasteiger partial charge >= 0.3 is 5.97 Å². The quantitative estimate of drug-likeness (QED) is 0.558. The molecule has 1 saturated heterocycles. The standard InChI is InChI=1S/C18H25BClN3O2S/c19-8-2-1-7-18(21,16(24)25)12-5-9-23(10-6-12)17-22-14-4-3-13(20)11-15(14)26-17/h3-4,11-12H,1-2,5-10,19,21H2,(H,24,25). The van der Waals surface area contributed by atoms with Crippen LogP contribution in [0.15, 0.2) is 18.2 Å². The second kappa shape index (κ2) is 8.15. The lowest BCUT2D eigenvalue weighted by Crippen LogP contribution is -2.57. The number of thiazole rings is 1. The first-order valence-corrected chi connectivity index (χ1v) is 10.5. The average Bonchev–Trinajstić information content (AvgIpc) is 3.05. The van der Waals surface area contributed by atoms with Crippen LogP contribution in [0.2, 0.25) is 11.3 Å². The lowest BCUT2D eigenvalue weighted by molar-refractivity contribution is -0.146. The molecule has 1 atom stereocenters. The molecule has 1 aliphatic rings. The van der Waals surface area contributed by atoms with Crippen LogP contribution >= 0.6 is 22.9 Å². The van der Waals surface area contributed by atoms with Gasteiger partial charge in [-0.05, 0) is 43.4 Å². The minimum Gasteiger partial charge on any atom is -0.480 e. The normalized spacial score (nSPS) is 18.2. The summed E-state index contributed by atoms with van der Waals surface area (Å²) >= 11 is 7.69. The van der Waals surface area contributed by atoms with Crippen LogP contribution in [0.5, 0.6) is 0 Å². The first-order chi connectivity index (χ1) is 12.4. The Balaban J connectivity index is 1.67. The molecular formula is C18H25BClN3O2S. The fourth-order valence-corrected chi connectivity index (χ4v) is 5.05. The van der Waals surface area contributed by atoms with Crippen molar-refractivity contribution in [1.29, 1.82) is 0 Å². The number of hydrogen-bond donors (Lipinski definition) is 2. The number of carboxylic acid groups (broad SMARTS) is 1. The highest BCUT2D eigenvalue weighted by Crippen LogP contribution is 2.36. The third-order valence-corrected chi connectivity index (χ3v) is 6.74. The molecule has 0 saturated carbocycles. The van der Waals surface area contributed by atoms with E-state index in [1.165, 1.54) is 0 Å². The zero-order valence-corrected chi connectivity index (χ0v) is 16.7. The Morgan fingerprint density at radius 3 is 2.81 bits per heavy atom. The molecule has 1 aromatic heterocycles. The molecule has 8 heteroatoms. The summed E-state index contributed by atoms with van der Waals surface area (Å²) < 4.78 is 1.08. The Morgan fingerprint density at radius 1 is 1.42 bits per heavy atom. The predicted octanol–water partition coefficient (Wildman–Crippen LogP) is 3.17. The minimum absolute atomic E-state index is 0.0110. The number of benzene rings is 1. The van der Waals surface area contributed by atoms with E-state index >= 15 is 0 Å². The van der Waals surface area contributed by atoms with Gasteiger partial charge in [0.15, 0.2) is 5.13 Å². The Hall–Kier alpha value is -1.31. The lowest BCUT2D eigenvalue weighted by Gasteiger charge is -2.40. The maximum Gasteiger partial charge on any atom is 0.323 e. The third kappa shape index (κ3) is 4.00. The number of carbonyl (C=O) groups is 1. The second-order valence-electron chi connectivity index (χ2n) is 7.17. The Labute approximate surface area is 163 Å². The summed E-state index contributed by atoms with van der Waals surface area (Å²) in [6, 6.07) is 5.73. The van der Waals surface area contributed by atoms with Crippen molar-refractivity contribution >= 4 is 52.1 Å². The number of unbranched alkanes of at least 4 members (excludes halogenated alkanes) is 1. The number of carboxylic acids is 1. The molecular weight excluding hydrogens is 369 g/mol. The van der Waals surface area contributed by atoms with Crippen LogP contribution in [-0.2, 0) is 4.79 Å². The summed E-state index contributed by atoms with van der Waals surface area (Å²) in [5, 5.41) is 11.4. The van der Waals surface area contributed by atoms with Crippen molar-refractivity contribution in [1.82, 2.24) is 4.98 Å². The van der Waals surface area contributed by atoms with Gasteiger partial charge in [0.2, 0.25) is 0 Å². The first-order valence-electron chi connectivity index (χ1n) is 9.27. The molecule has 140 valence electrons. The Kier molecular flexibility index (Phi) is 6.10. The SMILES string of the molecule is BCCCCC(N)(C(=O)O)C1CCN(c2nc3ccc(Cl)cc3s2)CC1. The summed E-state index contributed by atoms with van der Waals surface area (Å²) in [4.78, 5) is 18.8. The van der Waals surface area contributed by atoms with Crippen LogP contribution in [0.3, 0.4) is 0 Å². The van der Waals surface area contributed by atoms with E-state index in [1.807, 2.05) is 18.2 Å². The number of hydrogen-bond acceptors (Lipinski definition) is 5. The fraction of sp³-hybridized carbons (Fsp3) is 0.556. The molecule has 1 aromatic carbocycles. The van der Waals surface area contributed by atoms with Gasteiger partial charge in [-0.2, -0.15) is 0 Å². The number of fused-ring (bicyclic) bond motifs is 1. The molecule has 0 bridgehead atoms. The zero-order valence-electron chi connectivity index (χ0n) is 15.1. The molecule has 26 heavy (non-hydrogen) atoms. The van der Waals surface area contributed by atoms with Crippen LogP contribution in [0.25, 0.3) is 10.2 Å². The van der Waals surface area contributed by atoms with Gasteiger partial charge in [0.25, 0.3) is 0 Å². The lowest BCUT2D eigenvalue weighted by atomic mass is 9.75. The number of aromatic nitrogens is 1. The molecule has 1 aliphatic heterocycles. The number of aliphatic carboxylic acids is 1. The second-order valence-corrected chi connectivity index (χ2v) is 8.62. The van der Waals surface area contributed by atoms with E-state index in [1.54, 1.807) is 11.3 Å². The molecule has 1 fully saturated rings. The third-order valence-electron chi connectivity index (χ3n) is 5.43. The topological polar surface area (TPSA) is 79.5 Å². The van der Waals surface area contributed by atoms with Crippen LogP contribution < -0.4 is 10.6 Å². The van der Waals surface area contributed by atoms with E-state index in [-0.39, 0.29) is 5.92 Å². The highest BCUT2D eigenvalue weighted by atomic mass is 35.5. The Morgan fingerprint density at radius 2 is 2.15 bits per heavy atom. The molecule has 2 aromatic rings. The highest BCUT2D eigenvalue weighted by Gasteiger charge is 2.43. The van der Waals surface area contributed by atoms with E-state index < -0.39 is 11.5 Å². The number of rotatable bonds is 7. The number of halogens is 1. The molecule has 1 unspecified atom stereocenters. The summed E-state index contributed by atoms with van der Waals surface area (Å²) in [7, 11) is 2.11. The largest absolute Gasteiger partial charge is 0.480 e. The van der Waals surface area contributed by atoms with Crippen molar-refractivity contribution < 1.29 is 9.90 Å². The van der Waals surface area contributed by atoms with Gasteiger partial charge in [-0.1, -0.05) is 42.1 Å². The summed E-state index contributed by atoms with van der Waals surface area (Å²) in [5.41, 5.74) is 6.22. The average molecular weight is 394 g/mol. The van der Waals surface area contributed by atoms with Crippen molar-refractivity contribution in [3.63, 3.8) is 0 Å². The molecule has 3 N–H and O–H groups in total. The molecule has 3 rings (SSSR count). The van der Waals surface area contributed by atoms with E-state index in [9.17, 15) is 9.90 Å². The molecule has 0 aliphatic carbocycles. The van der Waals surface area contributed by atoms with Crippen molar-refractivity contribution in [3.05, 3.63) is 23.2 Å². The molecule has 0 radical (unpaired) electrons. The number of anilines is 1. The summed E-state index contributed by atoms with van der Waals surface area (Å²) in [6.45, 7) is 1.58. The maximum absolute atomic E-state index is 11.9. The van der Waals surface area contributed by atoms with Gasteiger partial charge in [0, 0.05) is 18.1 Å². The van der Waals surface area contributed by atoms with Gasteiger partial charge in [-0.15, -0.1) is 0 Å². The first kappa shape index (κ1) is 19.5. The van der Waals surface area contributed by atoms with Gasteiger partial charge in [-0.3, -0.25) is 4.79 Å². The smallest absolute Gasteiger partial charge is 0.323 e. The van der Waals surface area contributed by atoms with E-state index in [0.717, 1.165) is 60.4 Å². The molecule has 0 spiro atoms. The van der Waals surface area contributed by atoms with E-state index in [4.69, 9.17) is 22.3 Å². The predicted molar refractivity (Wildman–Crippen MR) is 111 cm³/mol. The highest BCUT2D eigenvalue weighted by molar-refractivity contribution is 7.22. The van der Waals surface area contributed by atoms with Gasteiger partial charge < -0.3 is 15.7 Å². The fourth-order valence-electron chi connectivity index (χ4n) is 3.76. The van der Waals surface area contributed by atoms with Crippen LogP contribution in [-0.4, -0.2) is 42.5 Å². The minimum atomic E-state index is -1.11. The number of nitrogens with two attached hydrogens (primary N) is 1. The number of nitrogens with zero attached hydrogens (tertiary/aromatic N) is 2. The van der Waals surface area contributed by atoms with Crippen LogP contribution in [0.1, 0.15) is 32.1 Å². The van der Waals surface area contributed by atoms with Crippen molar-refractivity contribution in [2.75, 3.05) is 18.0 Å². The Bertz CT molecular complexity index is 779. The molecule has 0 amide bonds. The zero-order chi connectivity index (χ0) is 18.7. The number of piperidine rings is 1. The van der Waals surface area contributed by atoms with Crippen molar-refractivity contribution in [2.45, 2.75) is 44.0 Å². The van der Waals surface area contributed by atoms with Crippen molar-refractivity contribution in [3.8, 4) is 0 Å². The van der Waals surface area contributed by atoms with E-state index in [0.29, 0.717) is 11.4 Å². The van der Waals surface area contributed by atoms with Crippen molar-refractivity contribution in [2.24, 2.45) is 11.7 Å². The maximum atomic E-state index is 11.9. The monoisotopic (exact) mass is 393 g/mol. The molecule has 5 nitrogen and oxygen atoms in total. The summed E-state index contributed by atoms with van der Waals surface area (Å²) in [6.07, 6.45) is 5.09. The van der Waals surface area contributed by atoms with Gasteiger partial charge in [0.05, 0.1) is 10.2 Å². The van der Waals surface area contributed by atoms with Gasteiger partial charge in [0.1, 0.15) is 13.4 Å². The van der Waals surface area contributed by atoms with Crippen LogP contribution in [0, 0.1) is 5.92 Å². The molecule has 2 heterocycles. The van der Waals surface area contributed by atoms with Gasteiger partial charge in [-0.25, -0.2) is 4.98 Å². The van der Waals surface area contributed by atoms with E-state index in [2.05, 4.69) is 12.7 Å².